The van der Waals surface area contributed by atoms with Crippen LogP contribution >= 0.6 is 23.2 Å². The number of anilines is 1. The third-order valence-corrected chi connectivity index (χ3v) is 8.84. The molecule has 6 rings (SSSR count). The zero-order valence-corrected chi connectivity index (χ0v) is 28.1. The van der Waals surface area contributed by atoms with Crippen molar-refractivity contribution in [1.29, 1.82) is 0 Å². The Balaban J connectivity index is 1.19. The largest absolute Gasteiger partial charge is 0.750 e. The van der Waals surface area contributed by atoms with Gasteiger partial charge in [-0.2, -0.15) is 5.10 Å². The maximum atomic E-state index is 13.3. The molecular formula is C32H32Cl2N7O5S-. The van der Waals surface area contributed by atoms with E-state index in [1.54, 1.807) is 28.7 Å². The van der Waals surface area contributed by atoms with Crippen LogP contribution in [0.5, 0.6) is 5.75 Å². The summed E-state index contributed by atoms with van der Waals surface area (Å²) in [6, 6.07) is 17.9. The second-order valence-corrected chi connectivity index (χ2v) is 13.5. The van der Waals surface area contributed by atoms with Gasteiger partial charge in [0.2, 0.25) is 0 Å². The SMILES string of the molecule is CC(C)(C)c1cc(NC(=O)N[C@H]2CC[C@@H](Oc3ccc4nnc(-c5c(Cl)cccc5Cl)n4c3)c3ccccc32)n(CCOS(=O)[O-])n1. The second kappa shape index (κ2) is 13.6. The van der Waals surface area contributed by atoms with Crippen molar-refractivity contribution >= 4 is 52.1 Å². The minimum Gasteiger partial charge on any atom is -0.750 e. The van der Waals surface area contributed by atoms with Gasteiger partial charge in [-0.1, -0.05) is 74.3 Å². The lowest BCUT2D eigenvalue weighted by atomic mass is 9.85. The smallest absolute Gasteiger partial charge is 0.320 e. The van der Waals surface area contributed by atoms with E-state index in [2.05, 4.69) is 30.1 Å². The fourth-order valence-corrected chi connectivity index (χ4v) is 6.34. The summed E-state index contributed by atoms with van der Waals surface area (Å²) in [4.78, 5) is 13.3. The van der Waals surface area contributed by atoms with Crippen molar-refractivity contribution in [2.45, 2.75) is 57.7 Å². The van der Waals surface area contributed by atoms with Crippen molar-refractivity contribution in [3.63, 3.8) is 0 Å². The summed E-state index contributed by atoms with van der Waals surface area (Å²) in [5.74, 6) is 1.54. The third-order valence-electron chi connectivity index (χ3n) is 7.85. The lowest BCUT2D eigenvalue weighted by Crippen LogP contribution is -2.36. The summed E-state index contributed by atoms with van der Waals surface area (Å²) >= 11 is 10.3. The number of amides is 2. The molecule has 0 aliphatic heterocycles. The third kappa shape index (κ3) is 7.29. The summed E-state index contributed by atoms with van der Waals surface area (Å²) in [6.07, 6.45) is 2.82. The van der Waals surface area contributed by atoms with E-state index in [0.717, 1.165) is 16.8 Å². The van der Waals surface area contributed by atoms with E-state index < -0.39 is 17.4 Å². The number of nitrogens with one attached hydrogen (secondary N) is 2. The van der Waals surface area contributed by atoms with Crippen LogP contribution in [0.2, 0.25) is 10.0 Å². The Morgan fingerprint density at radius 3 is 2.51 bits per heavy atom. The standard InChI is InChI=1S/C32H33Cl2N7O5S/c1-32(2,3)26-17-28(41(39-26)15-16-45-47(43)44)36-31(42)35-24-12-13-25(21-8-5-4-7-20(21)24)46-19-11-14-27-37-38-30(40(27)18-19)29-22(33)9-6-10-23(29)34/h4-11,14,17-18,24-25H,12-13,15-16H2,1-3H3,(H,43,44)(H2,35,36,42)/p-1/t24-,25+/m0/s1. The average Bonchev–Trinajstić information content (AvgIpc) is 3.62. The predicted molar refractivity (Wildman–Crippen MR) is 178 cm³/mol. The number of hydrogen-bond donors (Lipinski definition) is 2. The van der Waals surface area contributed by atoms with E-state index in [-0.39, 0.29) is 30.7 Å². The van der Waals surface area contributed by atoms with Gasteiger partial charge in [-0.3, -0.25) is 13.9 Å². The van der Waals surface area contributed by atoms with Crippen LogP contribution in [0.3, 0.4) is 0 Å². The lowest BCUT2D eigenvalue weighted by molar-refractivity contribution is 0.171. The summed E-state index contributed by atoms with van der Waals surface area (Å²) in [7, 11) is 0. The van der Waals surface area contributed by atoms with Crippen LogP contribution in [0.1, 0.15) is 62.6 Å². The van der Waals surface area contributed by atoms with Crippen LogP contribution in [0.25, 0.3) is 17.0 Å². The zero-order valence-electron chi connectivity index (χ0n) is 25.8. The highest BCUT2D eigenvalue weighted by molar-refractivity contribution is 7.74. The van der Waals surface area contributed by atoms with Crippen LogP contribution in [-0.4, -0.2) is 45.8 Å². The van der Waals surface area contributed by atoms with Crippen molar-refractivity contribution in [3.8, 4) is 17.1 Å². The molecule has 1 unspecified atom stereocenters. The number of carbonyl (C=O) groups is 1. The molecule has 1 aliphatic carbocycles. The molecular weight excluding hydrogens is 665 g/mol. The molecule has 1 aliphatic rings. The number of ether oxygens (including phenoxy) is 1. The van der Waals surface area contributed by atoms with Gasteiger partial charge in [-0.05, 0) is 48.2 Å². The Morgan fingerprint density at radius 1 is 1.04 bits per heavy atom. The summed E-state index contributed by atoms with van der Waals surface area (Å²) < 4.78 is 36.2. The van der Waals surface area contributed by atoms with Crippen molar-refractivity contribution < 1.29 is 22.5 Å². The Labute approximate surface area is 283 Å². The fraction of sp³-hybridized carbons (Fsp3) is 0.312. The lowest BCUT2D eigenvalue weighted by Gasteiger charge is -2.32. The first-order valence-corrected chi connectivity index (χ1v) is 16.7. The van der Waals surface area contributed by atoms with E-state index in [0.29, 0.717) is 51.5 Å². The maximum Gasteiger partial charge on any atom is 0.320 e. The van der Waals surface area contributed by atoms with Crippen molar-refractivity contribution in [1.82, 2.24) is 29.7 Å². The monoisotopic (exact) mass is 696 g/mol. The van der Waals surface area contributed by atoms with Gasteiger partial charge in [0.05, 0.1) is 58.1 Å². The molecule has 2 amide bonds. The molecule has 0 saturated heterocycles. The molecule has 2 aromatic carbocycles. The number of nitrogens with zero attached hydrogens (tertiary/aromatic N) is 5. The number of benzene rings is 2. The highest BCUT2D eigenvalue weighted by Crippen LogP contribution is 2.39. The minimum atomic E-state index is -2.64. The number of rotatable bonds is 9. The number of urea groups is 1. The van der Waals surface area contributed by atoms with Crippen LogP contribution in [0, 0.1) is 0 Å². The van der Waals surface area contributed by atoms with Gasteiger partial charge < -0.3 is 14.6 Å². The number of aromatic nitrogens is 5. The Kier molecular flexibility index (Phi) is 9.53. The van der Waals surface area contributed by atoms with Crippen LogP contribution in [-0.2, 0) is 27.5 Å². The van der Waals surface area contributed by atoms with E-state index in [1.165, 1.54) is 4.68 Å². The molecule has 2 N–H and O–H groups in total. The minimum absolute atomic E-state index is 0.117. The number of fused-ring (bicyclic) bond motifs is 2. The molecule has 246 valence electrons. The highest BCUT2D eigenvalue weighted by atomic mass is 35.5. The molecule has 0 bridgehead atoms. The molecule has 3 aromatic heterocycles. The molecule has 47 heavy (non-hydrogen) atoms. The van der Waals surface area contributed by atoms with Crippen LogP contribution < -0.4 is 15.4 Å². The van der Waals surface area contributed by atoms with Gasteiger partial charge in [0.25, 0.3) is 0 Å². The second-order valence-electron chi connectivity index (χ2n) is 12.1. The van der Waals surface area contributed by atoms with Gasteiger partial charge in [0, 0.05) is 11.5 Å². The van der Waals surface area contributed by atoms with Gasteiger partial charge in [-0.25, -0.2) is 13.7 Å². The summed E-state index contributed by atoms with van der Waals surface area (Å²) in [5.41, 5.74) is 3.56. The molecule has 5 aromatic rings. The quantitative estimate of drug-likeness (QED) is 0.160. The van der Waals surface area contributed by atoms with E-state index in [4.69, 9.17) is 27.9 Å². The van der Waals surface area contributed by atoms with Gasteiger partial charge in [0.1, 0.15) is 17.7 Å². The van der Waals surface area contributed by atoms with E-state index in [9.17, 15) is 13.6 Å². The van der Waals surface area contributed by atoms with Crippen LogP contribution in [0.15, 0.2) is 66.9 Å². The molecule has 0 radical (unpaired) electrons. The topological polar surface area (TPSA) is 148 Å². The molecule has 0 fully saturated rings. The van der Waals surface area contributed by atoms with Gasteiger partial charge in [0.15, 0.2) is 11.5 Å². The number of pyridine rings is 1. The first-order chi connectivity index (χ1) is 22.5. The summed E-state index contributed by atoms with van der Waals surface area (Å²) in [6.45, 7) is 6.03. The van der Waals surface area contributed by atoms with Crippen molar-refractivity contribution in [2.75, 3.05) is 11.9 Å². The Morgan fingerprint density at radius 2 is 1.79 bits per heavy atom. The number of hydrogen-bond acceptors (Lipinski definition) is 8. The Hall–Kier alpha value is -4.01. The van der Waals surface area contributed by atoms with E-state index in [1.807, 2.05) is 63.4 Å². The molecule has 12 nitrogen and oxygen atoms in total. The Bertz CT molecular complexity index is 1940. The normalized spacial score (nSPS) is 16.9. The van der Waals surface area contributed by atoms with E-state index >= 15 is 0 Å². The first-order valence-electron chi connectivity index (χ1n) is 14.9. The molecule has 3 heterocycles. The zero-order chi connectivity index (χ0) is 33.3. The molecule has 0 spiro atoms. The van der Waals surface area contributed by atoms with Gasteiger partial charge in [-0.15, -0.1) is 10.2 Å². The molecule has 0 saturated carbocycles. The number of carbonyl (C=O) groups excluding carboxylic acids is 1. The van der Waals surface area contributed by atoms with Crippen molar-refractivity contribution in [2.24, 2.45) is 0 Å². The van der Waals surface area contributed by atoms with Gasteiger partial charge >= 0.3 is 6.03 Å². The van der Waals surface area contributed by atoms with Crippen LogP contribution in [0.4, 0.5) is 10.6 Å². The maximum absolute atomic E-state index is 13.3. The number of halogens is 2. The van der Waals surface area contributed by atoms with Crippen molar-refractivity contribution in [3.05, 3.63) is 93.7 Å². The summed E-state index contributed by atoms with van der Waals surface area (Å²) in [5, 5.41) is 20.1. The predicted octanol–water partition coefficient (Wildman–Crippen LogP) is 6.78. The fourth-order valence-electron chi connectivity index (χ4n) is 5.57. The average molecular weight is 698 g/mol. The molecule has 3 atom stereocenters. The first kappa shape index (κ1) is 32.9. The molecule has 15 heteroatoms. The highest BCUT2D eigenvalue weighted by Gasteiger charge is 2.30.